The Morgan fingerprint density at radius 1 is 1.41 bits per heavy atom. The van der Waals surface area contributed by atoms with Crippen LogP contribution in [-0.2, 0) is 0 Å². The summed E-state index contributed by atoms with van der Waals surface area (Å²) in [5.41, 5.74) is 0.405. The predicted octanol–water partition coefficient (Wildman–Crippen LogP) is 3.14. The summed E-state index contributed by atoms with van der Waals surface area (Å²) >= 11 is 6.12. The molecule has 0 aliphatic heterocycles. The molecule has 1 fully saturated rings. The van der Waals surface area contributed by atoms with Gasteiger partial charge in [0.2, 0.25) is 0 Å². The van der Waals surface area contributed by atoms with Crippen molar-refractivity contribution in [3.8, 4) is 12.3 Å². The van der Waals surface area contributed by atoms with E-state index in [-0.39, 0.29) is 0 Å². The van der Waals surface area contributed by atoms with E-state index in [4.69, 9.17) is 18.0 Å². The Labute approximate surface area is 107 Å². The third-order valence-electron chi connectivity index (χ3n) is 2.84. The van der Waals surface area contributed by atoms with Gasteiger partial charge in [0.1, 0.15) is 16.8 Å². The van der Waals surface area contributed by atoms with Crippen molar-refractivity contribution in [3.05, 3.63) is 16.5 Å². The molecule has 17 heavy (non-hydrogen) atoms. The number of nitrogens with zero attached hydrogens (tertiary/aromatic N) is 2. The molecule has 1 saturated carbocycles. The summed E-state index contributed by atoms with van der Waals surface area (Å²) < 4.78 is 0. The molecule has 1 heterocycles. The zero-order valence-electron chi connectivity index (χ0n) is 10.3. The standard InChI is InChI=1S/C13H16ClN3/c1-5-13(3,4)17-11-8(2)10(14)15-12(16-11)9-6-7-9/h1,9H,6-7H2,2-4H3,(H,15,16,17). The molecule has 0 unspecified atom stereocenters. The van der Waals surface area contributed by atoms with Crippen LogP contribution in [0.15, 0.2) is 0 Å². The molecule has 0 radical (unpaired) electrons. The van der Waals surface area contributed by atoms with E-state index < -0.39 is 5.54 Å². The maximum Gasteiger partial charge on any atom is 0.137 e. The zero-order chi connectivity index (χ0) is 12.6. The van der Waals surface area contributed by atoms with Gasteiger partial charge in [0, 0.05) is 11.5 Å². The summed E-state index contributed by atoms with van der Waals surface area (Å²) in [6.45, 7) is 5.76. The lowest BCUT2D eigenvalue weighted by Gasteiger charge is -2.22. The van der Waals surface area contributed by atoms with Crippen LogP contribution < -0.4 is 5.32 Å². The maximum absolute atomic E-state index is 6.12. The molecule has 2 rings (SSSR count). The van der Waals surface area contributed by atoms with Gasteiger partial charge in [-0.05, 0) is 33.6 Å². The Morgan fingerprint density at radius 3 is 2.59 bits per heavy atom. The van der Waals surface area contributed by atoms with Crippen molar-refractivity contribution in [1.82, 2.24) is 9.97 Å². The first-order valence-electron chi connectivity index (χ1n) is 5.73. The normalized spacial score (nSPS) is 15.5. The van der Waals surface area contributed by atoms with Crippen molar-refractivity contribution in [2.75, 3.05) is 5.32 Å². The number of hydrogen-bond donors (Lipinski definition) is 1. The number of nitrogens with one attached hydrogen (secondary N) is 1. The fourth-order valence-corrected chi connectivity index (χ4v) is 1.66. The smallest absolute Gasteiger partial charge is 0.137 e. The molecule has 1 aromatic rings. The van der Waals surface area contributed by atoms with Gasteiger partial charge < -0.3 is 5.32 Å². The molecule has 1 N–H and O–H groups in total. The van der Waals surface area contributed by atoms with Crippen molar-refractivity contribution in [1.29, 1.82) is 0 Å². The number of rotatable bonds is 3. The maximum atomic E-state index is 6.12. The highest BCUT2D eigenvalue weighted by Crippen LogP contribution is 2.39. The Kier molecular flexibility index (Phi) is 3.01. The molecule has 3 nitrogen and oxygen atoms in total. The monoisotopic (exact) mass is 249 g/mol. The third-order valence-corrected chi connectivity index (χ3v) is 3.21. The van der Waals surface area contributed by atoms with E-state index >= 15 is 0 Å². The van der Waals surface area contributed by atoms with Crippen LogP contribution >= 0.6 is 11.6 Å². The second-order valence-corrected chi connectivity index (χ2v) is 5.37. The summed E-state index contributed by atoms with van der Waals surface area (Å²) in [7, 11) is 0. The molecule has 0 saturated heterocycles. The van der Waals surface area contributed by atoms with Gasteiger partial charge >= 0.3 is 0 Å². The Hall–Kier alpha value is -1.27. The number of terminal acetylenes is 1. The first kappa shape index (κ1) is 12.2. The molecule has 90 valence electrons. The zero-order valence-corrected chi connectivity index (χ0v) is 11.1. The minimum atomic E-state index is -0.441. The van der Waals surface area contributed by atoms with E-state index in [0.29, 0.717) is 11.1 Å². The Balaban J connectivity index is 2.35. The number of anilines is 1. The molecule has 1 aliphatic rings. The van der Waals surface area contributed by atoms with Gasteiger partial charge in [-0.3, -0.25) is 0 Å². The Morgan fingerprint density at radius 2 is 2.06 bits per heavy atom. The summed E-state index contributed by atoms with van der Waals surface area (Å²) in [6, 6.07) is 0. The molecule has 1 aliphatic carbocycles. The van der Waals surface area contributed by atoms with Crippen LogP contribution in [-0.4, -0.2) is 15.5 Å². The van der Waals surface area contributed by atoms with Gasteiger partial charge in [-0.25, -0.2) is 9.97 Å². The highest BCUT2D eigenvalue weighted by Gasteiger charge is 2.28. The first-order valence-corrected chi connectivity index (χ1v) is 6.11. The molecule has 0 amide bonds. The van der Waals surface area contributed by atoms with Crippen LogP contribution in [0, 0.1) is 19.3 Å². The third kappa shape index (κ3) is 2.70. The lowest BCUT2D eigenvalue weighted by molar-refractivity contribution is 0.730. The van der Waals surface area contributed by atoms with E-state index in [0.717, 1.165) is 30.0 Å². The van der Waals surface area contributed by atoms with E-state index in [1.54, 1.807) is 0 Å². The average molecular weight is 250 g/mol. The minimum Gasteiger partial charge on any atom is -0.354 e. The summed E-state index contributed by atoms with van der Waals surface area (Å²) in [5.74, 6) is 4.74. The summed E-state index contributed by atoms with van der Waals surface area (Å²) in [4.78, 5) is 8.84. The second-order valence-electron chi connectivity index (χ2n) is 5.01. The van der Waals surface area contributed by atoms with Gasteiger partial charge in [0.15, 0.2) is 0 Å². The molecule has 0 atom stereocenters. The van der Waals surface area contributed by atoms with Crippen molar-refractivity contribution < 1.29 is 0 Å². The number of halogens is 1. The van der Waals surface area contributed by atoms with Crippen molar-refractivity contribution >= 4 is 17.4 Å². The second kappa shape index (κ2) is 4.19. The van der Waals surface area contributed by atoms with Crippen LogP contribution in [0.5, 0.6) is 0 Å². The largest absolute Gasteiger partial charge is 0.354 e. The molecular formula is C13H16ClN3. The van der Waals surface area contributed by atoms with Crippen LogP contribution in [0.2, 0.25) is 5.15 Å². The highest BCUT2D eigenvalue weighted by molar-refractivity contribution is 6.30. The predicted molar refractivity (Wildman–Crippen MR) is 70.3 cm³/mol. The summed E-state index contributed by atoms with van der Waals surface area (Å²) in [5, 5.41) is 3.74. The van der Waals surface area contributed by atoms with Crippen molar-refractivity contribution in [2.24, 2.45) is 0 Å². The van der Waals surface area contributed by atoms with E-state index in [1.165, 1.54) is 0 Å². The quantitative estimate of drug-likeness (QED) is 0.661. The van der Waals surface area contributed by atoms with Crippen LogP contribution in [0.4, 0.5) is 5.82 Å². The highest BCUT2D eigenvalue weighted by atomic mass is 35.5. The van der Waals surface area contributed by atoms with Gasteiger partial charge in [-0.2, -0.15) is 0 Å². The van der Waals surface area contributed by atoms with Crippen LogP contribution in [0.1, 0.15) is 44.0 Å². The average Bonchev–Trinajstić information content (AvgIpc) is 3.08. The van der Waals surface area contributed by atoms with E-state index in [2.05, 4.69) is 21.2 Å². The van der Waals surface area contributed by atoms with Gasteiger partial charge in [-0.1, -0.05) is 17.5 Å². The number of aromatic nitrogens is 2. The lowest BCUT2D eigenvalue weighted by Crippen LogP contribution is -2.29. The molecule has 4 heteroatoms. The fraction of sp³-hybridized carbons (Fsp3) is 0.538. The van der Waals surface area contributed by atoms with E-state index in [1.807, 2.05) is 20.8 Å². The Bertz CT molecular complexity index is 484. The molecule has 1 aromatic heterocycles. The van der Waals surface area contributed by atoms with Crippen molar-refractivity contribution in [3.63, 3.8) is 0 Å². The van der Waals surface area contributed by atoms with Gasteiger partial charge in [-0.15, -0.1) is 6.42 Å². The SMILES string of the molecule is C#CC(C)(C)Nc1nc(C2CC2)nc(Cl)c1C. The van der Waals surface area contributed by atoms with Crippen LogP contribution in [0.25, 0.3) is 0 Å². The van der Waals surface area contributed by atoms with Crippen molar-refractivity contribution in [2.45, 2.75) is 45.1 Å². The molecule has 0 bridgehead atoms. The molecule has 0 aromatic carbocycles. The molecular weight excluding hydrogens is 234 g/mol. The topological polar surface area (TPSA) is 37.8 Å². The first-order chi connectivity index (χ1) is 7.93. The van der Waals surface area contributed by atoms with Gasteiger partial charge in [0.25, 0.3) is 0 Å². The number of hydrogen-bond acceptors (Lipinski definition) is 3. The van der Waals surface area contributed by atoms with Crippen LogP contribution in [0.3, 0.4) is 0 Å². The lowest BCUT2D eigenvalue weighted by atomic mass is 10.1. The minimum absolute atomic E-state index is 0.441. The summed E-state index contributed by atoms with van der Waals surface area (Å²) in [6.07, 6.45) is 7.76. The molecule has 0 spiro atoms. The van der Waals surface area contributed by atoms with Gasteiger partial charge in [0.05, 0.1) is 5.54 Å². The van der Waals surface area contributed by atoms with E-state index in [9.17, 15) is 0 Å². The fourth-order valence-electron chi connectivity index (χ4n) is 1.48.